The summed E-state index contributed by atoms with van der Waals surface area (Å²) in [7, 11) is 0. The molecule has 4 rings (SSSR count). The van der Waals surface area contributed by atoms with Crippen LogP contribution in [0.2, 0.25) is 0 Å². The maximum Gasteiger partial charge on any atom is 0.0569 e. The van der Waals surface area contributed by atoms with Crippen molar-refractivity contribution in [2.75, 3.05) is 0 Å². The second-order valence-corrected chi connectivity index (χ2v) is 5.14. The van der Waals surface area contributed by atoms with Crippen LogP contribution in [0.25, 0.3) is 22.7 Å². The molecule has 1 aliphatic rings. The van der Waals surface area contributed by atoms with Crippen LogP contribution in [0.15, 0.2) is 48.9 Å². The first-order valence-electron chi connectivity index (χ1n) is 6.79. The summed E-state index contributed by atoms with van der Waals surface area (Å²) in [5.74, 6) is 0. The summed E-state index contributed by atoms with van der Waals surface area (Å²) >= 11 is 0. The lowest BCUT2D eigenvalue weighted by atomic mass is 10.1. The third-order valence-corrected chi connectivity index (χ3v) is 3.84. The Hall–Kier alpha value is -2.55. The van der Waals surface area contributed by atoms with E-state index in [2.05, 4.69) is 58.2 Å². The SMILES string of the molecule is Cc1ccc(-n2c3c(c4cnccc42)CNC=C3)cc1. The lowest BCUT2D eigenvalue weighted by Crippen LogP contribution is -2.10. The van der Waals surface area contributed by atoms with Crippen molar-refractivity contribution in [3.05, 3.63) is 65.7 Å². The number of aromatic nitrogens is 2. The molecule has 0 fully saturated rings. The lowest BCUT2D eigenvalue weighted by Gasteiger charge is -2.13. The highest BCUT2D eigenvalue weighted by Crippen LogP contribution is 2.31. The maximum absolute atomic E-state index is 4.28. The van der Waals surface area contributed by atoms with E-state index in [1.807, 2.05) is 18.6 Å². The van der Waals surface area contributed by atoms with Crippen LogP contribution in [0.3, 0.4) is 0 Å². The van der Waals surface area contributed by atoms with Gasteiger partial charge < -0.3 is 9.88 Å². The van der Waals surface area contributed by atoms with Crippen LogP contribution in [0, 0.1) is 6.92 Å². The summed E-state index contributed by atoms with van der Waals surface area (Å²) in [6.07, 6.45) is 7.97. The van der Waals surface area contributed by atoms with Crippen molar-refractivity contribution in [3.63, 3.8) is 0 Å². The maximum atomic E-state index is 4.28. The fraction of sp³-hybridized carbons (Fsp3) is 0.118. The van der Waals surface area contributed by atoms with Gasteiger partial charge in [-0.25, -0.2) is 0 Å². The van der Waals surface area contributed by atoms with Crippen molar-refractivity contribution in [3.8, 4) is 5.69 Å². The molecular weight excluding hydrogens is 246 g/mol. The second-order valence-electron chi connectivity index (χ2n) is 5.14. The summed E-state index contributed by atoms with van der Waals surface area (Å²) < 4.78 is 2.31. The number of rotatable bonds is 1. The van der Waals surface area contributed by atoms with Gasteiger partial charge in [0.05, 0.1) is 11.2 Å². The minimum atomic E-state index is 0.854. The molecule has 3 heteroatoms. The van der Waals surface area contributed by atoms with Gasteiger partial charge in [-0.1, -0.05) is 17.7 Å². The smallest absolute Gasteiger partial charge is 0.0569 e. The summed E-state index contributed by atoms with van der Waals surface area (Å²) in [6, 6.07) is 10.7. The van der Waals surface area contributed by atoms with Gasteiger partial charge >= 0.3 is 0 Å². The Kier molecular flexibility index (Phi) is 2.39. The van der Waals surface area contributed by atoms with Gasteiger partial charge in [-0.2, -0.15) is 0 Å². The van der Waals surface area contributed by atoms with Crippen LogP contribution in [0.4, 0.5) is 0 Å². The fourth-order valence-electron chi connectivity index (χ4n) is 2.85. The van der Waals surface area contributed by atoms with Gasteiger partial charge in [0.2, 0.25) is 0 Å². The summed E-state index contributed by atoms with van der Waals surface area (Å²) in [6.45, 7) is 2.97. The third kappa shape index (κ3) is 1.56. The molecule has 3 nitrogen and oxygen atoms in total. The Morgan fingerprint density at radius 3 is 2.85 bits per heavy atom. The zero-order valence-electron chi connectivity index (χ0n) is 11.3. The topological polar surface area (TPSA) is 29.9 Å². The number of benzene rings is 1. The zero-order valence-corrected chi connectivity index (χ0v) is 11.3. The molecule has 1 aromatic carbocycles. The lowest BCUT2D eigenvalue weighted by molar-refractivity contribution is 0.855. The molecular formula is C17H15N3. The Bertz CT molecular complexity index is 810. The van der Waals surface area contributed by atoms with Gasteiger partial charge in [-0.3, -0.25) is 4.98 Å². The van der Waals surface area contributed by atoms with Gasteiger partial charge in [-0.05, 0) is 37.4 Å². The van der Waals surface area contributed by atoms with Crippen molar-refractivity contribution in [2.24, 2.45) is 0 Å². The molecule has 0 saturated heterocycles. The van der Waals surface area contributed by atoms with E-state index in [-0.39, 0.29) is 0 Å². The average molecular weight is 261 g/mol. The van der Waals surface area contributed by atoms with Crippen LogP contribution in [0.5, 0.6) is 0 Å². The van der Waals surface area contributed by atoms with Gasteiger partial charge in [0.1, 0.15) is 0 Å². The van der Waals surface area contributed by atoms with E-state index in [4.69, 9.17) is 0 Å². The van der Waals surface area contributed by atoms with Crippen molar-refractivity contribution in [1.29, 1.82) is 0 Å². The Labute approximate surface area is 117 Å². The van der Waals surface area contributed by atoms with Crippen LogP contribution >= 0.6 is 0 Å². The van der Waals surface area contributed by atoms with Crippen molar-refractivity contribution in [1.82, 2.24) is 14.9 Å². The van der Waals surface area contributed by atoms with Gasteiger partial charge in [0.25, 0.3) is 0 Å². The van der Waals surface area contributed by atoms with E-state index < -0.39 is 0 Å². The van der Waals surface area contributed by atoms with E-state index in [1.165, 1.54) is 33.4 Å². The van der Waals surface area contributed by atoms with Crippen LogP contribution < -0.4 is 5.32 Å². The molecule has 0 amide bonds. The van der Waals surface area contributed by atoms with E-state index >= 15 is 0 Å². The quantitative estimate of drug-likeness (QED) is 0.727. The number of hydrogen-bond acceptors (Lipinski definition) is 2. The molecule has 0 atom stereocenters. The van der Waals surface area contributed by atoms with Crippen molar-refractivity contribution >= 4 is 17.0 Å². The first kappa shape index (κ1) is 11.3. The highest BCUT2D eigenvalue weighted by atomic mass is 15.0. The minimum absolute atomic E-state index is 0.854. The molecule has 3 heterocycles. The van der Waals surface area contributed by atoms with Crippen molar-refractivity contribution in [2.45, 2.75) is 13.5 Å². The summed E-state index contributed by atoms with van der Waals surface area (Å²) in [5, 5.41) is 4.51. The standard InChI is InChI=1S/C17H15N3/c1-12-2-4-13(5-3-12)20-16-6-8-18-10-14(16)15-11-19-9-7-17(15)20/h2-10,19H,11H2,1H3. The predicted molar refractivity (Wildman–Crippen MR) is 81.7 cm³/mol. The normalized spacial score (nSPS) is 13.2. The molecule has 1 N–H and O–H groups in total. The molecule has 0 saturated carbocycles. The molecule has 0 unspecified atom stereocenters. The molecule has 0 radical (unpaired) electrons. The average Bonchev–Trinajstić information content (AvgIpc) is 2.83. The zero-order chi connectivity index (χ0) is 13.5. The van der Waals surface area contributed by atoms with Crippen molar-refractivity contribution < 1.29 is 0 Å². The summed E-state index contributed by atoms with van der Waals surface area (Å²) in [5.41, 5.74) is 6.24. The number of fused-ring (bicyclic) bond motifs is 3. The number of nitrogens with zero attached hydrogens (tertiary/aromatic N) is 2. The summed E-state index contributed by atoms with van der Waals surface area (Å²) in [4.78, 5) is 4.28. The molecule has 0 spiro atoms. The monoisotopic (exact) mass is 261 g/mol. The van der Waals surface area contributed by atoms with Gasteiger partial charge in [0.15, 0.2) is 0 Å². The van der Waals surface area contributed by atoms with Gasteiger partial charge in [-0.15, -0.1) is 0 Å². The molecule has 0 bridgehead atoms. The molecule has 1 aliphatic heterocycles. The van der Waals surface area contributed by atoms with Gasteiger partial charge in [0, 0.05) is 35.6 Å². The van der Waals surface area contributed by atoms with E-state index in [1.54, 1.807) is 0 Å². The molecule has 98 valence electrons. The van der Waals surface area contributed by atoms with E-state index in [9.17, 15) is 0 Å². The number of hydrogen-bond donors (Lipinski definition) is 1. The fourth-order valence-corrected chi connectivity index (χ4v) is 2.85. The van der Waals surface area contributed by atoms with Crippen LogP contribution in [0.1, 0.15) is 16.8 Å². The predicted octanol–water partition coefficient (Wildman–Crippen LogP) is 3.41. The first-order valence-corrected chi connectivity index (χ1v) is 6.79. The van der Waals surface area contributed by atoms with E-state index in [0.717, 1.165) is 6.54 Å². The largest absolute Gasteiger partial charge is 0.387 e. The van der Waals surface area contributed by atoms with E-state index in [0.29, 0.717) is 0 Å². The number of pyridine rings is 1. The number of nitrogens with one attached hydrogen (secondary N) is 1. The Balaban J connectivity index is 2.08. The molecule has 2 aromatic heterocycles. The number of aryl methyl sites for hydroxylation is 1. The molecule has 20 heavy (non-hydrogen) atoms. The Morgan fingerprint density at radius 2 is 2.00 bits per heavy atom. The van der Waals surface area contributed by atoms with Crippen LogP contribution in [-0.4, -0.2) is 9.55 Å². The highest BCUT2D eigenvalue weighted by Gasteiger charge is 2.17. The van der Waals surface area contributed by atoms with Crippen LogP contribution in [-0.2, 0) is 6.54 Å². The second kappa shape index (κ2) is 4.23. The molecule has 3 aromatic rings. The Morgan fingerprint density at radius 1 is 1.15 bits per heavy atom. The minimum Gasteiger partial charge on any atom is -0.387 e. The first-order chi connectivity index (χ1) is 9.84. The highest BCUT2D eigenvalue weighted by molar-refractivity contribution is 5.89. The third-order valence-electron chi connectivity index (χ3n) is 3.84. The molecule has 0 aliphatic carbocycles.